The van der Waals surface area contributed by atoms with Crippen LogP contribution in [0.3, 0.4) is 0 Å². The molecule has 3 N–H and O–H groups in total. The fourth-order valence-electron chi connectivity index (χ4n) is 3.71. The summed E-state index contributed by atoms with van der Waals surface area (Å²) in [5, 5.41) is 15.2. The first-order valence-electron chi connectivity index (χ1n) is 11.2. The average Bonchev–Trinajstić information content (AvgIpc) is 2.71. The molecular formula is C22H35N3O5S. The Morgan fingerprint density at radius 1 is 1.16 bits per heavy atom. The van der Waals surface area contributed by atoms with Gasteiger partial charge < -0.3 is 15.7 Å². The number of pyridine rings is 1. The van der Waals surface area contributed by atoms with Crippen molar-refractivity contribution in [3.8, 4) is 0 Å². The van der Waals surface area contributed by atoms with Gasteiger partial charge in [0.05, 0.1) is 5.75 Å². The molecule has 1 aliphatic heterocycles. The van der Waals surface area contributed by atoms with E-state index >= 15 is 0 Å². The topological polar surface area (TPSA) is 125 Å². The van der Waals surface area contributed by atoms with Crippen LogP contribution in [0.5, 0.6) is 0 Å². The second-order valence-corrected chi connectivity index (χ2v) is 10.6. The van der Waals surface area contributed by atoms with Gasteiger partial charge in [-0.25, -0.2) is 18.2 Å². The molecule has 1 unspecified atom stereocenters. The molecule has 0 aliphatic carbocycles. The molecule has 0 saturated carbocycles. The Bertz CT molecular complexity index is 842. The number of nitrogens with zero attached hydrogens (tertiary/aromatic N) is 1. The number of carboxylic acid groups (broad SMARTS) is 1. The zero-order valence-electron chi connectivity index (χ0n) is 18.4. The molecule has 0 bridgehead atoms. The van der Waals surface area contributed by atoms with Crippen molar-refractivity contribution in [2.75, 3.05) is 23.9 Å². The Morgan fingerprint density at radius 2 is 1.90 bits per heavy atom. The summed E-state index contributed by atoms with van der Waals surface area (Å²) in [7, 11) is -3.12. The second kappa shape index (κ2) is 12.6. The van der Waals surface area contributed by atoms with Gasteiger partial charge in [-0.1, -0.05) is 31.7 Å². The average molecular weight is 454 g/mol. The number of carboxylic acids is 1. The van der Waals surface area contributed by atoms with E-state index in [1.165, 1.54) is 5.56 Å². The number of carbonyl (C=O) groups excluding carboxylic acids is 1. The van der Waals surface area contributed by atoms with Gasteiger partial charge in [0.15, 0.2) is 0 Å². The fraction of sp³-hybridized carbons (Fsp3) is 0.682. The third-order valence-electron chi connectivity index (χ3n) is 5.43. The lowest BCUT2D eigenvalue weighted by molar-refractivity contribution is -0.142. The number of hydrogen-bond donors (Lipinski definition) is 3. The number of unbranched alkanes of at least 4 members (excludes halogenated alkanes) is 4. The fourth-order valence-corrected chi connectivity index (χ4v) is 4.38. The lowest BCUT2D eigenvalue weighted by Gasteiger charge is -2.17. The molecule has 0 aromatic carbocycles. The molecule has 1 aliphatic rings. The second-order valence-electron chi connectivity index (χ2n) is 8.34. The van der Waals surface area contributed by atoms with Crippen molar-refractivity contribution in [1.29, 1.82) is 0 Å². The predicted octanol–water partition coefficient (Wildman–Crippen LogP) is 2.72. The summed E-state index contributed by atoms with van der Waals surface area (Å²) in [4.78, 5) is 27.9. The maximum atomic E-state index is 11.9. The van der Waals surface area contributed by atoms with Gasteiger partial charge in [0.2, 0.25) is 5.91 Å². The number of aryl methyl sites for hydroxylation is 2. The van der Waals surface area contributed by atoms with Gasteiger partial charge in [-0.3, -0.25) is 4.79 Å². The van der Waals surface area contributed by atoms with E-state index in [1.54, 1.807) is 0 Å². The van der Waals surface area contributed by atoms with Crippen molar-refractivity contribution in [3.63, 3.8) is 0 Å². The highest BCUT2D eigenvalue weighted by molar-refractivity contribution is 7.90. The van der Waals surface area contributed by atoms with Gasteiger partial charge in [0.1, 0.15) is 21.7 Å². The van der Waals surface area contributed by atoms with Crippen molar-refractivity contribution in [1.82, 2.24) is 10.3 Å². The Hall–Kier alpha value is -2.16. The molecule has 8 nitrogen and oxygen atoms in total. The van der Waals surface area contributed by atoms with Gasteiger partial charge in [0, 0.05) is 24.9 Å². The number of aromatic nitrogens is 1. The maximum absolute atomic E-state index is 11.9. The first kappa shape index (κ1) is 25.1. The molecule has 1 amide bonds. The third-order valence-corrected chi connectivity index (χ3v) is 6.46. The molecule has 0 radical (unpaired) electrons. The number of anilines is 1. The minimum absolute atomic E-state index is 0.0170. The summed E-state index contributed by atoms with van der Waals surface area (Å²) >= 11 is 0. The lowest BCUT2D eigenvalue weighted by atomic mass is 10.0. The van der Waals surface area contributed by atoms with E-state index in [0.717, 1.165) is 75.7 Å². The SMILES string of the molecule is CS(=O)(=O)CCCC(=O)NC(CCCCCCCc1ccc2c(n1)NCCC2)C(=O)O. The third kappa shape index (κ3) is 10.1. The Balaban J connectivity index is 1.58. The van der Waals surface area contributed by atoms with E-state index in [2.05, 4.69) is 22.8 Å². The van der Waals surface area contributed by atoms with Crippen LogP contribution < -0.4 is 10.6 Å². The van der Waals surface area contributed by atoms with E-state index in [1.807, 2.05) is 0 Å². The van der Waals surface area contributed by atoms with Crippen molar-refractivity contribution in [2.24, 2.45) is 0 Å². The van der Waals surface area contributed by atoms with E-state index in [9.17, 15) is 23.1 Å². The molecule has 1 atom stereocenters. The Labute approximate surface area is 185 Å². The molecule has 0 fully saturated rings. The van der Waals surface area contributed by atoms with E-state index in [0.29, 0.717) is 6.42 Å². The highest BCUT2D eigenvalue weighted by Gasteiger charge is 2.19. The number of hydrogen-bond acceptors (Lipinski definition) is 6. The summed E-state index contributed by atoms with van der Waals surface area (Å²) in [5.41, 5.74) is 2.41. The van der Waals surface area contributed by atoms with Gasteiger partial charge in [-0.15, -0.1) is 0 Å². The smallest absolute Gasteiger partial charge is 0.326 e. The number of carbonyl (C=O) groups is 2. The Morgan fingerprint density at radius 3 is 2.65 bits per heavy atom. The summed E-state index contributed by atoms with van der Waals surface area (Å²) < 4.78 is 22.2. The predicted molar refractivity (Wildman–Crippen MR) is 121 cm³/mol. The standard InChI is InChI=1S/C22H35N3O5S/c1-31(29,30)16-8-12-20(26)25-19(22(27)28)11-6-4-2-3-5-10-18-14-13-17-9-7-15-23-21(17)24-18/h13-14,19H,2-12,15-16H2,1H3,(H,23,24)(H,25,26)(H,27,28). The number of aliphatic carboxylic acids is 1. The number of amides is 1. The first-order valence-corrected chi connectivity index (χ1v) is 13.2. The lowest BCUT2D eigenvalue weighted by Crippen LogP contribution is -2.40. The largest absolute Gasteiger partial charge is 0.480 e. The quantitative estimate of drug-likeness (QED) is 0.370. The monoisotopic (exact) mass is 453 g/mol. The number of sulfone groups is 1. The van der Waals surface area contributed by atoms with Crippen LogP contribution >= 0.6 is 0 Å². The van der Waals surface area contributed by atoms with E-state index in [-0.39, 0.29) is 18.6 Å². The maximum Gasteiger partial charge on any atom is 0.326 e. The Kier molecular flexibility index (Phi) is 10.2. The molecule has 0 saturated heterocycles. The van der Waals surface area contributed by atoms with Crippen LogP contribution in [0.25, 0.3) is 0 Å². The molecule has 174 valence electrons. The molecule has 1 aromatic heterocycles. The van der Waals surface area contributed by atoms with Crippen molar-refractivity contribution in [3.05, 3.63) is 23.4 Å². The molecule has 2 rings (SSSR count). The van der Waals surface area contributed by atoms with Gasteiger partial charge in [-0.05, 0) is 50.2 Å². The highest BCUT2D eigenvalue weighted by Crippen LogP contribution is 2.20. The molecular weight excluding hydrogens is 418 g/mol. The molecule has 1 aromatic rings. The van der Waals surface area contributed by atoms with Crippen molar-refractivity contribution >= 4 is 27.5 Å². The summed E-state index contributed by atoms with van der Waals surface area (Å²) in [6, 6.07) is 3.37. The minimum atomic E-state index is -3.12. The van der Waals surface area contributed by atoms with Crippen LogP contribution in [0.2, 0.25) is 0 Å². The summed E-state index contributed by atoms with van der Waals surface area (Å²) in [6.45, 7) is 0.988. The number of fused-ring (bicyclic) bond motifs is 1. The van der Waals surface area contributed by atoms with E-state index in [4.69, 9.17) is 4.98 Å². The van der Waals surface area contributed by atoms with Crippen LogP contribution in [-0.2, 0) is 32.3 Å². The normalized spacial score (nSPS) is 14.4. The van der Waals surface area contributed by atoms with Crippen molar-refractivity contribution in [2.45, 2.75) is 76.7 Å². The molecule has 2 heterocycles. The zero-order chi connectivity index (χ0) is 22.7. The summed E-state index contributed by atoms with van der Waals surface area (Å²) in [6.07, 6.45) is 9.65. The number of nitrogens with one attached hydrogen (secondary N) is 2. The van der Waals surface area contributed by atoms with Gasteiger partial charge in [-0.2, -0.15) is 0 Å². The molecule has 9 heteroatoms. The molecule has 31 heavy (non-hydrogen) atoms. The van der Waals surface area contributed by atoms with Gasteiger partial charge in [0.25, 0.3) is 0 Å². The zero-order valence-corrected chi connectivity index (χ0v) is 19.2. The highest BCUT2D eigenvalue weighted by atomic mass is 32.2. The minimum Gasteiger partial charge on any atom is -0.480 e. The van der Waals surface area contributed by atoms with Crippen molar-refractivity contribution < 1.29 is 23.1 Å². The number of rotatable bonds is 14. The van der Waals surface area contributed by atoms with Crippen LogP contribution in [0.4, 0.5) is 5.82 Å². The van der Waals surface area contributed by atoms with Crippen LogP contribution in [0, 0.1) is 0 Å². The van der Waals surface area contributed by atoms with Gasteiger partial charge >= 0.3 is 5.97 Å². The van der Waals surface area contributed by atoms with Crippen LogP contribution in [0.1, 0.15) is 69.0 Å². The summed E-state index contributed by atoms with van der Waals surface area (Å²) in [5.74, 6) is -0.510. The van der Waals surface area contributed by atoms with E-state index < -0.39 is 27.8 Å². The van der Waals surface area contributed by atoms with Crippen LogP contribution in [0.15, 0.2) is 12.1 Å². The molecule has 0 spiro atoms. The van der Waals surface area contributed by atoms with Crippen LogP contribution in [-0.4, -0.2) is 55.0 Å². The first-order chi connectivity index (χ1) is 14.7.